The van der Waals surface area contributed by atoms with E-state index in [4.69, 9.17) is 4.74 Å². The molecule has 1 heterocycles. The minimum atomic E-state index is -4.02. The Morgan fingerprint density at radius 2 is 1.76 bits per heavy atom. The molecule has 1 atom stereocenters. The van der Waals surface area contributed by atoms with Gasteiger partial charge in [-0.3, -0.25) is 9.59 Å². The average Bonchev–Trinajstić information content (AvgIpc) is 2.94. The minimum absolute atomic E-state index is 0.0237. The van der Waals surface area contributed by atoms with E-state index in [1.165, 1.54) is 30.3 Å². The second kappa shape index (κ2) is 9.24. The van der Waals surface area contributed by atoms with Gasteiger partial charge < -0.3 is 4.74 Å². The molecule has 9 nitrogen and oxygen atoms in total. The van der Waals surface area contributed by atoms with Crippen LogP contribution < -0.4 is 4.72 Å². The van der Waals surface area contributed by atoms with Crippen molar-refractivity contribution in [3.05, 3.63) is 59.2 Å². The SMILES string of the molecule is Cc1ccc(S(=O)(=O)N[C@H](C(=O)OCCN2C(=O)c3ccccc3S2(=O)=O)C(C)C)cc1C. The molecule has 0 spiro atoms. The summed E-state index contributed by atoms with van der Waals surface area (Å²) in [5.74, 6) is -2.00. The number of fused-ring (bicyclic) bond motifs is 1. The first-order chi connectivity index (χ1) is 15.4. The van der Waals surface area contributed by atoms with E-state index in [0.717, 1.165) is 11.1 Å². The molecule has 1 N–H and O–H groups in total. The lowest BCUT2D eigenvalue weighted by atomic mass is 10.1. The van der Waals surface area contributed by atoms with Crippen LogP contribution in [-0.4, -0.2) is 52.2 Å². The monoisotopic (exact) mass is 494 g/mol. The van der Waals surface area contributed by atoms with E-state index in [1.807, 2.05) is 6.92 Å². The number of nitrogens with zero attached hydrogens (tertiary/aromatic N) is 1. The highest BCUT2D eigenvalue weighted by atomic mass is 32.2. The summed E-state index contributed by atoms with van der Waals surface area (Å²) < 4.78 is 59.0. The van der Waals surface area contributed by atoms with Crippen molar-refractivity contribution in [2.45, 2.75) is 43.5 Å². The number of hydrogen-bond donors (Lipinski definition) is 1. The zero-order valence-corrected chi connectivity index (χ0v) is 20.4. The van der Waals surface area contributed by atoms with Gasteiger partial charge in [-0.15, -0.1) is 0 Å². The zero-order valence-electron chi connectivity index (χ0n) is 18.7. The van der Waals surface area contributed by atoms with Gasteiger partial charge in [0.2, 0.25) is 10.0 Å². The largest absolute Gasteiger partial charge is 0.463 e. The summed E-state index contributed by atoms with van der Waals surface area (Å²) >= 11 is 0. The summed E-state index contributed by atoms with van der Waals surface area (Å²) in [4.78, 5) is 25.0. The summed E-state index contributed by atoms with van der Waals surface area (Å²) in [5.41, 5.74) is 1.78. The van der Waals surface area contributed by atoms with E-state index in [2.05, 4.69) is 4.72 Å². The fraction of sp³-hybridized carbons (Fsp3) is 0.364. The van der Waals surface area contributed by atoms with Crippen LogP contribution in [-0.2, 0) is 29.6 Å². The molecule has 0 saturated heterocycles. The number of carbonyl (C=O) groups is 2. The van der Waals surface area contributed by atoms with Crippen molar-refractivity contribution in [2.24, 2.45) is 5.92 Å². The first-order valence-electron chi connectivity index (χ1n) is 10.3. The number of amides is 1. The maximum absolute atomic E-state index is 12.8. The molecule has 2 aromatic rings. The number of ether oxygens (including phenoxy) is 1. The fourth-order valence-electron chi connectivity index (χ4n) is 3.34. The standard InChI is InChI=1S/C22H26N2O7S2/c1-14(2)20(23-32(27,28)17-10-9-15(3)16(4)13-17)22(26)31-12-11-24-21(25)18-7-5-6-8-19(18)33(24,29)30/h5-10,13-14,20,23H,11-12H2,1-4H3/t20-/m0/s1. The lowest BCUT2D eigenvalue weighted by molar-refractivity contribution is -0.146. The molecule has 0 aliphatic carbocycles. The molecule has 0 unspecified atom stereocenters. The van der Waals surface area contributed by atoms with Crippen LogP contribution in [0.15, 0.2) is 52.3 Å². The van der Waals surface area contributed by atoms with E-state index in [-0.39, 0.29) is 21.9 Å². The van der Waals surface area contributed by atoms with E-state index in [1.54, 1.807) is 32.9 Å². The lowest BCUT2D eigenvalue weighted by Gasteiger charge is -2.22. The summed E-state index contributed by atoms with van der Waals surface area (Å²) in [7, 11) is -8.03. The maximum atomic E-state index is 12.8. The van der Waals surface area contributed by atoms with Crippen LogP contribution in [0.2, 0.25) is 0 Å². The lowest BCUT2D eigenvalue weighted by Crippen LogP contribution is -2.46. The number of esters is 1. The van der Waals surface area contributed by atoms with Gasteiger partial charge in [-0.25, -0.2) is 21.1 Å². The number of carbonyl (C=O) groups excluding carboxylic acids is 2. The van der Waals surface area contributed by atoms with Crippen molar-refractivity contribution in [3.8, 4) is 0 Å². The quantitative estimate of drug-likeness (QED) is 0.556. The molecule has 33 heavy (non-hydrogen) atoms. The summed E-state index contributed by atoms with van der Waals surface area (Å²) in [5, 5.41) is 0. The highest BCUT2D eigenvalue weighted by Gasteiger charge is 2.41. The molecule has 0 saturated carbocycles. The van der Waals surface area contributed by atoms with Crippen LogP contribution in [0.4, 0.5) is 0 Å². The van der Waals surface area contributed by atoms with Crippen LogP contribution in [0.1, 0.15) is 35.3 Å². The van der Waals surface area contributed by atoms with Crippen LogP contribution >= 0.6 is 0 Å². The molecular weight excluding hydrogens is 468 g/mol. The van der Waals surface area contributed by atoms with Crippen molar-refractivity contribution in [1.29, 1.82) is 0 Å². The average molecular weight is 495 g/mol. The third-order valence-corrected chi connectivity index (χ3v) is 8.72. The first-order valence-corrected chi connectivity index (χ1v) is 13.2. The number of nitrogens with one attached hydrogen (secondary N) is 1. The van der Waals surface area contributed by atoms with E-state index >= 15 is 0 Å². The van der Waals surface area contributed by atoms with Crippen LogP contribution in [0.3, 0.4) is 0 Å². The summed E-state index contributed by atoms with van der Waals surface area (Å²) in [6, 6.07) is 9.28. The van der Waals surface area contributed by atoms with Crippen molar-refractivity contribution in [3.63, 3.8) is 0 Å². The molecule has 1 amide bonds. The molecule has 2 aromatic carbocycles. The Labute approximate surface area is 193 Å². The second-order valence-corrected chi connectivity index (χ2v) is 11.7. The van der Waals surface area contributed by atoms with Crippen LogP contribution in [0.5, 0.6) is 0 Å². The number of hydrogen-bond acceptors (Lipinski definition) is 7. The molecule has 1 aliphatic heterocycles. The predicted molar refractivity (Wildman–Crippen MR) is 120 cm³/mol. The van der Waals surface area contributed by atoms with Crippen molar-refractivity contribution >= 4 is 31.9 Å². The van der Waals surface area contributed by atoms with Crippen LogP contribution in [0, 0.1) is 19.8 Å². The Morgan fingerprint density at radius 3 is 2.36 bits per heavy atom. The smallest absolute Gasteiger partial charge is 0.324 e. The Kier molecular flexibility index (Phi) is 6.96. The van der Waals surface area contributed by atoms with Gasteiger partial charge in [0, 0.05) is 0 Å². The number of benzene rings is 2. The molecule has 0 aromatic heterocycles. The summed E-state index contributed by atoms with van der Waals surface area (Å²) in [6.07, 6.45) is 0. The normalized spacial score (nSPS) is 16.0. The molecule has 0 fully saturated rings. The van der Waals surface area contributed by atoms with Crippen molar-refractivity contribution in [1.82, 2.24) is 9.03 Å². The van der Waals surface area contributed by atoms with Gasteiger partial charge in [0.25, 0.3) is 15.9 Å². The van der Waals surface area contributed by atoms with Gasteiger partial charge in [0.05, 0.1) is 17.0 Å². The minimum Gasteiger partial charge on any atom is -0.463 e. The van der Waals surface area contributed by atoms with E-state index < -0.39 is 50.5 Å². The molecule has 11 heteroatoms. The van der Waals surface area contributed by atoms with Gasteiger partial charge in [0.15, 0.2) is 0 Å². The summed E-state index contributed by atoms with van der Waals surface area (Å²) in [6.45, 7) is 6.16. The number of aryl methyl sites for hydroxylation is 2. The van der Waals surface area contributed by atoms with Gasteiger partial charge in [-0.05, 0) is 55.2 Å². The predicted octanol–water partition coefficient (Wildman–Crippen LogP) is 1.99. The van der Waals surface area contributed by atoms with Gasteiger partial charge in [0.1, 0.15) is 17.5 Å². The fourth-order valence-corrected chi connectivity index (χ4v) is 6.31. The Bertz CT molecular complexity index is 1300. The second-order valence-electron chi connectivity index (χ2n) is 8.14. The molecule has 0 bridgehead atoms. The molecule has 3 rings (SSSR count). The third kappa shape index (κ3) is 4.94. The molecular formula is C22H26N2O7S2. The third-order valence-electron chi connectivity index (χ3n) is 5.44. The van der Waals surface area contributed by atoms with Crippen LogP contribution in [0.25, 0.3) is 0 Å². The highest BCUT2D eigenvalue weighted by molar-refractivity contribution is 7.90. The van der Waals surface area contributed by atoms with E-state index in [0.29, 0.717) is 4.31 Å². The van der Waals surface area contributed by atoms with Gasteiger partial charge in [-0.1, -0.05) is 32.0 Å². The zero-order chi connectivity index (χ0) is 24.6. The van der Waals surface area contributed by atoms with Gasteiger partial charge in [-0.2, -0.15) is 4.72 Å². The van der Waals surface area contributed by atoms with Crippen molar-refractivity contribution < 1.29 is 31.2 Å². The first kappa shape index (κ1) is 24.9. The maximum Gasteiger partial charge on any atom is 0.324 e. The molecule has 0 radical (unpaired) electrons. The Balaban J connectivity index is 1.68. The molecule has 1 aliphatic rings. The van der Waals surface area contributed by atoms with E-state index in [9.17, 15) is 26.4 Å². The number of rotatable bonds is 8. The Morgan fingerprint density at radius 1 is 1.09 bits per heavy atom. The highest BCUT2D eigenvalue weighted by Crippen LogP contribution is 2.29. The molecule has 178 valence electrons. The number of sulfonamides is 2. The topological polar surface area (TPSA) is 127 Å². The Hall–Kier alpha value is -2.76. The van der Waals surface area contributed by atoms with Crippen molar-refractivity contribution in [2.75, 3.05) is 13.2 Å². The van der Waals surface area contributed by atoms with Gasteiger partial charge >= 0.3 is 5.97 Å².